The number of hydrogen-bond acceptors (Lipinski definition) is 3. The van der Waals surface area contributed by atoms with Crippen LogP contribution in [0.3, 0.4) is 0 Å². The van der Waals surface area contributed by atoms with Crippen LogP contribution in [0.5, 0.6) is 5.75 Å². The van der Waals surface area contributed by atoms with Crippen molar-refractivity contribution in [2.45, 2.75) is 38.4 Å². The normalized spacial score (nSPS) is 17.2. The van der Waals surface area contributed by atoms with Crippen LogP contribution in [0.25, 0.3) is 0 Å². The fourth-order valence-corrected chi connectivity index (χ4v) is 5.01. The van der Waals surface area contributed by atoms with Crippen molar-refractivity contribution >= 4 is 34.8 Å². The van der Waals surface area contributed by atoms with E-state index < -0.39 is 22.7 Å². The molecule has 0 bridgehead atoms. The van der Waals surface area contributed by atoms with Crippen LogP contribution in [-0.2, 0) is 11.0 Å². The molecule has 9 heteroatoms. The number of carbonyl (C=O) groups excluding carboxylic acids is 2. The number of hydrogen-bond donors (Lipinski definition) is 0. The summed E-state index contributed by atoms with van der Waals surface area (Å²) < 4.78 is 45.6. The van der Waals surface area contributed by atoms with Crippen molar-refractivity contribution in [1.29, 1.82) is 0 Å². The average molecular weight is 531 g/mol. The summed E-state index contributed by atoms with van der Waals surface area (Å²) in [5.74, 6) is -0.567. The van der Waals surface area contributed by atoms with Gasteiger partial charge in [0.25, 0.3) is 5.91 Å². The predicted octanol–water partition coefficient (Wildman–Crippen LogP) is 6.94. The Kier molecular flexibility index (Phi) is 7.50. The Labute approximate surface area is 218 Å². The molecule has 4 rings (SSSR count). The summed E-state index contributed by atoms with van der Waals surface area (Å²) in [4.78, 5) is 30.3. The zero-order valence-corrected chi connectivity index (χ0v) is 21.3. The second-order valence-corrected chi connectivity index (χ2v) is 9.25. The van der Waals surface area contributed by atoms with Crippen LogP contribution < -0.4 is 14.5 Å². The second kappa shape index (κ2) is 10.5. The minimum absolute atomic E-state index is 0.117. The number of alkyl halides is 3. The molecule has 3 aromatic carbocycles. The van der Waals surface area contributed by atoms with Gasteiger partial charge in [0.15, 0.2) is 0 Å². The largest absolute Gasteiger partial charge is 0.497 e. The summed E-state index contributed by atoms with van der Waals surface area (Å²) in [6, 6.07) is 17.1. The molecule has 1 aliphatic heterocycles. The lowest BCUT2D eigenvalue weighted by molar-refractivity contribution is -0.137. The van der Waals surface area contributed by atoms with E-state index in [1.807, 2.05) is 6.92 Å². The number of anilines is 2. The Morgan fingerprint density at radius 1 is 1.08 bits per heavy atom. The smallest absolute Gasteiger partial charge is 0.417 e. The van der Waals surface area contributed by atoms with E-state index in [0.717, 1.165) is 12.1 Å². The average Bonchev–Trinajstić information content (AvgIpc) is 2.88. The highest BCUT2D eigenvalue weighted by molar-refractivity contribution is 6.31. The van der Waals surface area contributed by atoms with Gasteiger partial charge in [-0.15, -0.1) is 0 Å². The van der Waals surface area contributed by atoms with Crippen LogP contribution in [0.4, 0.5) is 24.5 Å². The van der Waals surface area contributed by atoms with E-state index in [4.69, 9.17) is 16.3 Å². The van der Waals surface area contributed by atoms with E-state index in [9.17, 15) is 22.8 Å². The van der Waals surface area contributed by atoms with Crippen LogP contribution in [0.2, 0.25) is 5.02 Å². The van der Waals surface area contributed by atoms with E-state index in [1.165, 1.54) is 11.0 Å². The molecule has 0 aliphatic carbocycles. The van der Waals surface area contributed by atoms with E-state index in [0.29, 0.717) is 29.0 Å². The van der Waals surface area contributed by atoms with Crippen LogP contribution in [0.15, 0.2) is 66.7 Å². The topological polar surface area (TPSA) is 49.9 Å². The number of methoxy groups -OCH3 is 1. The number of fused-ring (bicyclic) bond motifs is 1. The molecule has 5 nitrogen and oxygen atoms in total. The number of halogens is 4. The van der Waals surface area contributed by atoms with Crippen molar-refractivity contribution in [1.82, 2.24) is 0 Å². The van der Waals surface area contributed by atoms with Gasteiger partial charge in [-0.1, -0.05) is 29.8 Å². The lowest BCUT2D eigenvalue weighted by atomic mass is 9.84. The van der Waals surface area contributed by atoms with Gasteiger partial charge >= 0.3 is 6.18 Å². The van der Waals surface area contributed by atoms with Gasteiger partial charge in [-0.25, -0.2) is 0 Å². The van der Waals surface area contributed by atoms with Crippen LogP contribution in [0, 0.1) is 0 Å². The Hall–Kier alpha value is -3.52. The van der Waals surface area contributed by atoms with Gasteiger partial charge in [0.1, 0.15) is 5.75 Å². The molecule has 3 aromatic rings. The Balaban J connectivity index is 1.70. The van der Waals surface area contributed by atoms with Gasteiger partial charge in [-0.3, -0.25) is 9.59 Å². The molecule has 2 atom stereocenters. The van der Waals surface area contributed by atoms with Crippen molar-refractivity contribution in [3.63, 3.8) is 0 Å². The third-order valence-corrected chi connectivity index (χ3v) is 6.92. The molecule has 1 aliphatic rings. The standard InChI is InChI=1S/C28H26ClF3N2O3/c1-4-33(19-11-14-24(29)23(16-19)28(30,31)32)27(36)22-15-17(2)34(25-8-6-5-7-21(22)25)26(35)18-9-12-20(37-3)13-10-18/h5-14,16-17,22H,4,15H2,1-3H3/t17-,22-/m1/s1. The van der Waals surface area contributed by atoms with E-state index >= 15 is 0 Å². The minimum Gasteiger partial charge on any atom is -0.497 e. The second-order valence-electron chi connectivity index (χ2n) is 8.84. The van der Waals surface area contributed by atoms with Gasteiger partial charge in [0, 0.05) is 29.5 Å². The monoisotopic (exact) mass is 530 g/mol. The Bertz CT molecular complexity index is 1310. The van der Waals surface area contributed by atoms with Gasteiger partial charge in [-0.2, -0.15) is 13.2 Å². The molecule has 0 saturated heterocycles. The Morgan fingerprint density at radius 2 is 1.76 bits per heavy atom. The molecule has 1 heterocycles. The molecule has 0 spiro atoms. The quantitative estimate of drug-likeness (QED) is 0.359. The van der Waals surface area contributed by atoms with Crippen LogP contribution in [-0.4, -0.2) is 31.5 Å². The Morgan fingerprint density at radius 3 is 2.38 bits per heavy atom. The molecule has 0 N–H and O–H groups in total. The van der Waals surface area contributed by atoms with E-state index in [-0.39, 0.29) is 30.1 Å². The van der Waals surface area contributed by atoms with Crippen molar-refractivity contribution in [2.75, 3.05) is 23.5 Å². The van der Waals surface area contributed by atoms with Gasteiger partial charge < -0.3 is 14.5 Å². The third-order valence-electron chi connectivity index (χ3n) is 6.59. The first-order valence-corrected chi connectivity index (χ1v) is 12.2. The van der Waals surface area contributed by atoms with Crippen molar-refractivity contribution < 1.29 is 27.5 Å². The molecular formula is C28H26ClF3N2O3. The summed E-state index contributed by atoms with van der Waals surface area (Å²) in [6.45, 7) is 3.73. The predicted molar refractivity (Wildman–Crippen MR) is 138 cm³/mol. The highest BCUT2D eigenvalue weighted by atomic mass is 35.5. The molecule has 0 saturated carbocycles. The lowest BCUT2D eigenvalue weighted by Gasteiger charge is -2.40. The highest BCUT2D eigenvalue weighted by Gasteiger charge is 2.39. The van der Waals surface area contributed by atoms with Gasteiger partial charge in [-0.05, 0) is 74.4 Å². The van der Waals surface area contributed by atoms with Crippen LogP contribution in [0.1, 0.15) is 47.7 Å². The summed E-state index contributed by atoms with van der Waals surface area (Å²) >= 11 is 5.79. The molecule has 194 valence electrons. The van der Waals surface area contributed by atoms with E-state index in [1.54, 1.807) is 67.5 Å². The SMILES string of the molecule is CCN(C(=O)[C@@H]1C[C@@H](C)N(C(=O)c2ccc(OC)cc2)c2ccccc21)c1ccc(Cl)c(C(F)(F)F)c1. The first kappa shape index (κ1) is 26.5. The maximum Gasteiger partial charge on any atom is 0.417 e. The zero-order valence-electron chi connectivity index (χ0n) is 20.6. The molecular weight excluding hydrogens is 505 g/mol. The fourth-order valence-electron chi connectivity index (χ4n) is 4.78. The number of benzene rings is 3. The van der Waals surface area contributed by atoms with E-state index in [2.05, 4.69) is 0 Å². The number of ether oxygens (including phenoxy) is 1. The number of nitrogens with zero attached hydrogens (tertiary/aromatic N) is 2. The summed E-state index contributed by atoms with van der Waals surface area (Å²) in [6.07, 6.45) is -4.34. The molecule has 0 radical (unpaired) electrons. The molecule has 0 unspecified atom stereocenters. The number of carbonyl (C=O) groups is 2. The summed E-state index contributed by atoms with van der Waals surface area (Å²) in [7, 11) is 1.55. The van der Waals surface area contributed by atoms with Gasteiger partial charge in [0.2, 0.25) is 5.91 Å². The summed E-state index contributed by atoms with van der Waals surface area (Å²) in [5, 5.41) is -0.427. The molecule has 2 amide bonds. The molecule has 0 fully saturated rings. The maximum atomic E-state index is 13.8. The fraction of sp³-hybridized carbons (Fsp3) is 0.286. The molecule has 0 aromatic heterocycles. The zero-order chi connectivity index (χ0) is 26.9. The number of amides is 2. The minimum atomic E-state index is -4.65. The maximum absolute atomic E-state index is 13.8. The van der Waals surface area contributed by atoms with Crippen molar-refractivity contribution in [2.24, 2.45) is 0 Å². The molecule has 37 heavy (non-hydrogen) atoms. The first-order valence-electron chi connectivity index (χ1n) is 11.8. The third kappa shape index (κ3) is 5.16. The highest BCUT2D eigenvalue weighted by Crippen LogP contribution is 2.42. The number of rotatable bonds is 5. The van der Waals surface area contributed by atoms with Crippen LogP contribution >= 0.6 is 11.6 Å². The summed E-state index contributed by atoms with van der Waals surface area (Å²) in [5.41, 5.74) is 0.848. The lowest BCUT2D eigenvalue weighted by Crippen LogP contribution is -2.46. The van der Waals surface area contributed by atoms with Crippen molar-refractivity contribution in [3.8, 4) is 5.75 Å². The number of likely N-dealkylation sites (N-methyl/N-ethyl adjacent to an activating group) is 1. The first-order chi connectivity index (χ1) is 17.6. The van der Waals surface area contributed by atoms with Crippen molar-refractivity contribution in [3.05, 3.63) is 88.4 Å². The van der Waals surface area contributed by atoms with Gasteiger partial charge in [0.05, 0.1) is 23.6 Å². The number of para-hydroxylation sites is 1.